The highest BCUT2D eigenvalue weighted by Crippen LogP contribution is 2.10. The Hall–Kier alpha value is -1.69. The highest BCUT2D eigenvalue weighted by Gasteiger charge is 2.11. The van der Waals surface area contributed by atoms with Crippen LogP contribution in [0.4, 0.5) is 0 Å². The highest BCUT2D eigenvalue weighted by atomic mass is 32.2. The molecule has 0 bridgehead atoms. The minimum atomic E-state index is -3.81. The number of ether oxygens (including phenoxy) is 1. The number of rotatable bonds is 4. The summed E-state index contributed by atoms with van der Waals surface area (Å²) < 4.78 is 30.8. The molecule has 0 fully saturated rings. The number of benzene rings is 1. The molecule has 0 N–H and O–H groups in total. The van der Waals surface area contributed by atoms with Crippen LogP contribution < -0.4 is 0 Å². The topological polar surface area (TPSA) is 72.8 Å². The van der Waals surface area contributed by atoms with Gasteiger partial charge >= 0.3 is 5.97 Å². The third kappa shape index (κ3) is 3.47. The van der Waals surface area contributed by atoms with Gasteiger partial charge in [0.15, 0.2) is 0 Å². The molecule has 0 saturated carbocycles. The maximum atomic E-state index is 11.5. The molecule has 0 aliphatic heterocycles. The summed E-state index contributed by atoms with van der Waals surface area (Å²) in [5.74, 6) is -0.776. The first-order chi connectivity index (χ1) is 7.56. The quantitative estimate of drug-likeness (QED) is 0.582. The minimum Gasteiger partial charge on any atom is -0.462 e. The van der Waals surface area contributed by atoms with Gasteiger partial charge in [-0.1, -0.05) is 18.2 Å². The number of sulfonamides is 1. The minimum absolute atomic E-state index is 0.0375. The van der Waals surface area contributed by atoms with E-state index in [0.717, 1.165) is 0 Å². The molecule has 0 atom stereocenters. The number of hydrogen-bond donors (Lipinski definition) is 0. The number of hydrogen-bond acceptors (Lipinski definition) is 4. The zero-order chi connectivity index (χ0) is 12.0. The van der Waals surface area contributed by atoms with Crippen molar-refractivity contribution in [3.63, 3.8) is 0 Å². The summed E-state index contributed by atoms with van der Waals surface area (Å²) in [6, 6.07) is 7.64. The van der Waals surface area contributed by atoms with Crippen molar-refractivity contribution >= 4 is 22.2 Å². The summed E-state index contributed by atoms with van der Waals surface area (Å²) in [7, 11) is -3.81. The Morgan fingerprint density at radius 1 is 1.38 bits per heavy atom. The van der Waals surface area contributed by atoms with E-state index in [1.165, 1.54) is 12.1 Å². The molecule has 86 valence electrons. The van der Waals surface area contributed by atoms with E-state index < -0.39 is 16.0 Å². The lowest BCUT2D eigenvalue weighted by Gasteiger charge is -1.97. The van der Waals surface area contributed by atoms with Crippen molar-refractivity contribution in [1.82, 2.24) is 0 Å². The SMILES string of the molecule is CCOC(=O)/C=N/S(=O)(=O)c1ccccc1. The molecule has 5 nitrogen and oxygen atoms in total. The Morgan fingerprint density at radius 2 is 2.00 bits per heavy atom. The molecule has 0 aromatic heterocycles. The van der Waals surface area contributed by atoms with Crippen molar-refractivity contribution in [3.8, 4) is 0 Å². The zero-order valence-electron chi connectivity index (χ0n) is 8.66. The maximum absolute atomic E-state index is 11.5. The second-order valence-electron chi connectivity index (χ2n) is 2.77. The summed E-state index contributed by atoms with van der Waals surface area (Å²) in [6.45, 7) is 1.80. The van der Waals surface area contributed by atoms with Gasteiger partial charge in [0.2, 0.25) is 0 Å². The van der Waals surface area contributed by atoms with E-state index in [9.17, 15) is 13.2 Å². The number of carbonyl (C=O) groups excluding carboxylic acids is 1. The molecule has 1 aromatic carbocycles. The summed E-state index contributed by atoms with van der Waals surface area (Å²) in [5, 5.41) is 0. The van der Waals surface area contributed by atoms with Gasteiger partial charge in [0, 0.05) is 0 Å². The van der Waals surface area contributed by atoms with Crippen molar-refractivity contribution in [2.45, 2.75) is 11.8 Å². The summed E-state index contributed by atoms with van der Waals surface area (Å²) in [4.78, 5) is 10.9. The first-order valence-electron chi connectivity index (χ1n) is 4.58. The Balaban J connectivity index is 2.85. The summed E-state index contributed by atoms with van der Waals surface area (Å²) in [5.41, 5.74) is 0. The molecule has 0 heterocycles. The van der Waals surface area contributed by atoms with Crippen molar-refractivity contribution in [2.24, 2.45) is 4.40 Å². The van der Waals surface area contributed by atoms with Crippen LogP contribution in [-0.2, 0) is 19.6 Å². The lowest BCUT2D eigenvalue weighted by molar-refractivity contribution is -0.134. The van der Waals surface area contributed by atoms with Gasteiger partial charge < -0.3 is 4.74 Å². The highest BCUT2D eigenvalue weighted by molar-refractivity contribution is 7.90. The zero-order valence-corrected chi connectivity index (χ0v) is 9.48. The molecule has 1 aromatic rings. The van der Waals surface area contributed by atoms with E-state index in [0.29, 0.717) is 6.21 Å². The predicted octanol–water partition coefficient (Wildman–Crippen LogP) is 1.01. The van der Waals surface area contributed by atoms with Gasteiger partial charge in [-0.25, -0.2) is 4.79 Å². The van der Waals surface area contributed by atoms with Crippen LogP contribution in [0.3, 0.4) is 0 Å². The monoisotopic (exact) mass is 241 g/mol. The summed E-state index contributed by atoms with van der Waals surface area (Å²) in [6.07, 6.45) is 0.659. The fourth-order valence-corrected chi connectivity index (χ4v) is 1.79. The van der Waals surface area contributed by atoms with Gasteiger partial charge in [0.25, 0.3) is 10.0 Å². The van der Waals surface area contributed by atoms with Crippen LogP contribution in [0.5, 0.6) is 0 Å². The number of nitrogens with zero attached hydrogens (tertiary/aromatic N) is 1. The molecule has 0 spiro atoms. The van der Waals surface area contributed by atoms with Gasteiger partial charge in [-0.3, -0.25) is 0 Å². The van der Waals surface area contributed by atoms with Gasteiger partial charge in [-0.05, 0) is 19.1 Å². The van der Waals surface area contributed by atoms with Crippen molar-refractivity contribution in [2.75, 3.05) is 6.61 Å². The fraction of sp³-hybridized carbons (Fsp3) is 0.200. The van der Waals surface area contributed by atoms with Crippen LogP contribution in [0.25, 0.3) is 0 Å². The third-order valence-electron chi connectivity index (χ3n) is 1.62. The number of esters is 1. The Morgan fingerprint density at radius 3 is 2.56 bits per heavy atom. The average molecular weight is 241 g/mol. The molecule has 0 unspecified atom stereocenters. The fourth-order valence-electron chi connectivity index (χ4n) is 0.945. The Kier molecular flexibility index (Phi) is 4.19. The normalized spacial score (nSPS) is 11.6. The van der Waals surface area contributed by atoms with Crippen LogP contribution >= 0.6 is 0 Å². The second-order valence-corrected chi connectivity index (χ2v) is 4.41. The second kappa shape index (κ2) is 5.41. The molecular weight excluding hydrogens is 230 g/mol. The van der Waals surface area contributed by atoms with Crippen molar-refractivity contribution in [3.05, 3.63) is 30.3 Å². The van der Waals surface area contributed by atoms with Gasteiger partial charge in [-0.2, -0.15) is 12.8 Å². The Labute approximate surface area is 93.8 Å². The molecule has 0 amide bonds. The number of carbonyl (C=O) groups is 1. The molecule has 6 heteroatoms. The van der Waals surface area contributed by atoms with Gasteiger partial charge in [0.05, 0.1) is 11.5 Å². The van der Waals surface area contributed by atoms with Gasteiger partial charge in [-0.15, -0.1) is 0 Å². The molecule has 0 saturated heterocycles. The smallest absolute Gasteiger partial charge is 0.350 e. The van der Waals surface area contributed by atoms with E-state index >= 15 is 0 Å². The van der Waals surface area contributed by atoms with Crippen molar-refractivity contribution in [1.29, 1.82) is 0 Å². The van der Waals surface area contributed by atoms with Crippen LogP contribution in [0.15, 0.2) is 39.6 Å². The molecule has 0 aliphatic rings. The molecule has 0 radical (unpaired) electrons. The maximum Gasteiger partial charge on any atom is 0.350 e. The first kappa shape index (κ1) is 12.4. The van der Waals surface area contributed by atoms with E-state index in [4.69, 9.17) is 0 Å². The van der Waals surface area contributed by atoms with Gasteiger partial charge in [0.1, 0.15) is 6.21 Å². The molecule has 16 heavy (non-hydrogen) atoms. The predicted molar refractivity (Wildman–Crippen MR) is 58.8 cm³/mol. The standard InChI is InChI=1S/C10H11NO4S/c1-2-15-10(12)8-11-16(13,14)9-6-4-3-5-7-9/h3-8H,2H2,1H3/b11-8+. The third-order valence-corrected chi connectivity index (χ3v) is 2.88. The van der Waals surface area contributed by atoms with Crippen LogP contribution in [0.2, 0.25) is 0 Å². The van der Waals surface area contributed by atoms with E-state index in [-0.39, 0.29) is 11.5 Å². The first-order valence-corrected chi connectivity index (χ1v) is 6.02. The van der Waals surface area contributed by atoms with Crippen LogP contribution in [0.1, 0.15) is 6.92 Å². The summed E-state index contributed by atoms with van der Waals surface area (Å²) >= 11 is 0. The van der Waals surface area contributed by atoms with Crippen molar-refractivity contribution < 1.29 is 17.9 Å². The van der Waals surface area contributed by atoms with E-state index in [1.54, 1.807) is 25.1 Å². The molecule has 1 rings (SSSR count). The largest absolute Gasteiger partial charge is 0.462 e. The van der Waals surface area contributed by atoms with Crippen LogP contribution in [0, 0.1) is 0 Å². The van der Waals surface area contributed by atoms with E-state index in [2.05, 4.69) is 9.13 Å². The lowest BCUT2D eigenvalue weighted by atomic mass is 10.4. The van der Waals surface area contributed by atoms with Crippen LogP contribution in [-0.4, -0.2) is 27.2 Å². The molecular formula is C10H11NO4S. The van der Waals surface area contributed by atoms with E-state index in [1.807, 2.05) is 0 Å². The Bertz CT molecular complexity index is 479. The average Bonchev–Trinajstić information content (AvgIpc) is 2.28. The lowest BCUT2D eigenvalue weighted by Crippen LogP contribution is -2.07. The molecule has 0 aliphatic carbocycles.